The van der Waals surface area contributed by atoms with Crippen molar-refractivity contribution in [3.63, 3.8) is 0 Å². The zero-order valence-corrected chi connectivity index (χ0v) is 18.2. The molecule has 3 aromatic rings. The molecule has 0 saturated heterocycles. The normalized spacial score (nSPS) is 14.2. The zero-order valence-electron chi connectivity index (χ0n) is 18.2. The molecule has 0 aliphatic heterocycles. The van der Waals surface area contributed by atoms with Crippen molar-refractivity contribution < 1.29 is 19.0 Å². The topological polar surface area (TPSA) is 80.0 Å². The molecular weight excluding hydrogens is 398 g/mol. The Hall–Kier alpha value is -2.91. The summed E-state index contributed by atoms with van der Waals surface area (Å²) in [4.78, 5) is 3.02. The van der Waals surface area contributed by atoms with E-state index in [9.17, 15) is 24.3 Å². The number of nitrogens with zero attached hydrogens (tertiary/aromatic N) is 1. The molecule has 0 fully saturated rings. The summed E-state index contributed by atoms with van der Waals surface area (Å²) in [5, 5.41) is 31.8. The Morgan fingerprint density at radius 2 is 1.81 bits per heavy atom. The van der Waals surface area contributed by atoms with Crippen LogP contribution in [-0.4, -0.2) is 27.2 Å². The molecule has 31 heavy (non-hydrogen) atoms. The third-order valence-corrected chi connectivity index (χ3v) is 5.95. The van der Waals surface area contributed by atoms with Crippen molar-refractivity contribution in [1.29, 1.82) is 5.26 Å². The van der Waals surface area contributed by atoms with Crippen LogP contribution in [0, 0.1) is 11.3 Å². The minimum atomic E-state index is -3.04. The number of phenols is 1. The van der Waals surface area contributed by atoms with Crippen molar-refractivity contribution in [2.45, 2.75) is 63.9 Å². The lowest BCUT2D eigenvalue weighted by molar-refractivity contribution is -0.110. The molecule has 1 heterocycles. The minimum Gasteiger partial charge on any atom is -0.508 e. The van der Waals surface area contributed by atoms with Crippen LogP contribution in [0.25, 0.3) is 10.9 Å². The van der Waals surface area contributed by atoms with Crippen LogP contribution in [0.4, 0.5) is 8.78 Å². The number of aromatic amines is 1. The van der Waals surface area contributed by atoms with Gasteiger partial charge < -0.3 is 15.2 Å². The SMILES string of the molecule is CC(C)c1ccc(O)c(C(C)(C)CC(O)(Cc2[nH]c3ccccc3c2C#N)C(F)F)c1. The van der Waals surface area contributed by atoms with Crippen molar-refractivity contribution in [3.05, 3.63) is 64.8 Å². The van der Waals surface area contributed by atoms with Crippen molar-refractivity contribution >= 4 is 10.9 Å². The van der Waals surface area contributed by atoms with E-state index in [4.69, 9.17) is 0 Å². The van der Waals surface area contributed by atoms with Crippen molar-refractivity contribution in [3.8, 4) is 11.8 Å². The second kappa shape index (κ2) is 8.32. The summed E-state index contributed by atoms with van der Waals surface area (Å²) >= 11 is 0. The Kier molecular flexibility index (Phi) is 6.11. The van der Waals surface area contributed by atoms with Crippen LogP contribution in [0.1, 0.15) is 62.4 Å². The van der Waals surface area contributed by atoms with Crippen molar-refractivity contribution in [2.75, 3.05) is 0 Å². The van der Waals surface area contributed by atoms with Crippen LogP contribution in [-0.2, 0) is 11.8 Å². The zero-order chi connectivity index (χ0) is 23.0. The molecule has 0 spiro atoms. The van der Waals surface area contributed by atoms with Gasteiger partial charge in [0, 0.05) is 23.0 Å². The number of rotatable bonds is 7. The van der Waals surface area contributed by atoms with Gasteiger partial charge in [-0.05, 0) is 41.0 Å². The van der Waals surface area contributed by atoms with Gasteiger partial charge in [-0.15, -0.1) is 0 Å². The predicted molar refractivity (Wildman–Crippen MR) is 118 cm³/mol. The average Bonchev–Trinajstić information content (AvgIpc) is 3.03. The van der Waals surface area contributed by atoms with E-state index in [0.29, 0.717) is 16.5 Å². The third kappa shape index (κ3) is 4.42. The largest absolute Gasteiger partial charge is 0.508 e. The lowest BCUT2D eigenvalue weighted by Gasteiger charge is -2.36. The summed E-state index contributed by atoms with van der Waals surface area (Å²) in [5.41, 5.74) is -0.652. The van der Waals surface area contributed by atoms with E-state index in [1.807, 2.05) is 26.0 Å². The first-order valence-corrected chi connectivity index (χ1v) is 10.3. The molecule has 6 heteroatoms. The van der Waals surface area contributed by atoms with Gasteiger partial charge in [0.1, 0.15) is 17.4 Å². The Bertz CT molecular complexity index is 1130. The van der Waals surface area contributed by atoms with Crippen LogP contribution < -0.4 is 0 Å². The number of aromatic nitrogens is 1. The second-order valence-electron chi connectivity index (χ2n) is 9.21. The quantitative estimate of drug-likeness (QED) is 0.448. The number of halogens is 2. The van der Waals surface area contributed by atoms with Gasteiger partial charge in [-0.1, -0.05) is 58.0 Å². The van der Waals surface area contributed by atoms with Crippen LogP contribution in [0.5, 0.6) is 5.75 Å². The third-order valence-electron chi connectivity index (χ3n) is 5.95. The summed E-state index contributed by atoms with van der Waals surface area (Å²) in [6, 6.07) is 14.3. The molecule has 164 valence electrons. The number of nitrogens with one attached hydrogen (secondary N) is 1. The molecule has 1 unspecified atom stereocenters. The average molecular weight is 427 g/mol. The molecule has 0 aliphatic carbocycles. The molecule has 0 bridgehead atoms. The summed E-state index contributed by atoms with van der Waals surface area (Å²) in [6.07, 6.45) is -3.75. The summed E-state index contributed by atoms with van der Waals surface area (Å²) in [5.74, 6) is 0.211. The number of aromatic hydroxyl groups is 1. The molecule has 1 atom stereocenters. The van der Waals surface area contributed by atoms with E-state index in [0.717, 1.165) is 5.56 Å². The van der Waals surface area contributed by atoms with Gasteiger partial charge in [0.2, 0.25) is 0 Å². The number of aliphatic hydroxyl groups is 1. The smallest absolute Gasteiger partial charge is 0.267 e. The number of benzene rings is 2. The number of alkyl halides is 2. The van der Waals surface area contributed by atoms with Crippen LogP contribution in [0.3, 0.4) is 0 Å². The second-order valence-corrected chi connectivity index (χ2v) is 9.21. The molecule has 0 aliphatic rings. The fraction of sp³-hybridized carbons (Fsp3) is 0.400. The molecule has 3 rings (SSSR count). The van der Waals surface area contributed by atoms with E-state index in [2.05, 4.69) is 11.1 Å². The first-order valence-electron chi connectivity index (χ1n) is 10.3. The number of hydrogen-bond acceptors (Lipinski definition) is 3. The van der Waals surface area contributed by atoms with Gasteiger partial charge in [0.05, 0.1) is 5.56 Å². The number of para-hydroxylation sites is 1. The summed E-state index contributed by atoms with van der Waals surface area (Å²) in [7, 11) is 0. The van der Waals surface area contributed by atoms with Crippen molar-refractivity contribution in [2.24, 2.45) is 0 Å². The summed E-state index contributed by atoms with van der Waals surface area (Å²) < 4.78 is 28.4. The Balaban J connectivity index is 2.01. The van der Waals surface area contributed by atoms with Gasteiger partial charge in [-0.25, -0.2) is 8.78 Å². The highest BCUT2D eigenvalue weighted by molar-refractivity contribution is 5.87. The first kappa shape index (κ1) is 22.8. The monoisotopic (exact) mass is 426 g/mol. The minimum absolute atomic E-state index is 0.00865. The van der Waals surface area contributed by atoms with E-state index < -0.39 is 23.9 Å². The lowest BCUT2D eigenvalue weighted by atomic mass is 9.72. The number of phenolic OH excluding ortho intramolecular Hbond substituents is 1. The highest BCUT2D eigenvalue weighted by Gasteiger charge is 2.44. The highest BCUT2D eigenvalue weighted by atomic mass is 19.3. The Morgan fingerprint density at radius 1 is 1.13 bits per heavy atom. The maximum absolute atomic E-state index is 14.2. The van der Waals surface area contributed by atoms with Gasteiger partial charge in [0.25, 0.3) is 6.43 Å². The molecule has 0 amide bonds. The molecule has 3 N–H and O–H groups in total. The van der Waals surface area contributed by atoms with Gasteiger partial charge in [0.15, 0.2) is 0 Å². The molecular formula is C25H28F2N2O2. The molecule has 4 nitrogen and oxygen atoms in total. The van der Waals surface area contributed by atoms with Crippen molar-refractivity contribution in [1.82, 2.24) is 4.98 Å². The van der Waals surface area contributed by atoms with Crippen LogP contribution >= 0.6 is 0 Å². The molecule has 0 radical (unpaired) electrons. The molecule has 1 aromatic heterocycles. The van der Waals surface area contributed by atoms with E-state index in [-0.39, 0.29) is 29.3 Å². The fourth-order valence-corrected chi connectivity index (χ4v) is 4.30. The van der Waals surface area contributed by atoms with E-state index >= 15 is 0 Å². The van der Waals surface area contributed by atoms with Gasteiger partial charge in [-0.2, -0.15) is 5.26 Å². The standard InChI is InChI=1S/C25H28F2N2O2/c1-15(2)16-9-10-22(30)19(11-16)24(3,4)14-25(31,23(26)27)12-21-18(13-28)17-7-5-6-8-20(17)29-21/h5-11,15,23,29-31H,12,14H2,1-4H3. The number of fused-ring (bicyclic) bond motifs is 1. The molecule has 2 aromatic carbocycles. The Labute approximate surface area is 181 Å². The predicted octanol–water partition coefficient (Wildman–Crippen LogP) is 5.78. The fourth-order valence-electron chi connectivity index (χ4n) is 4.30. The van der Waals surface area contributed by atoms with E-state index in [1.54, 1.807) is 44.2 Å². The summed E-state index contributed by atoms with van der Waals surface area (Å²) in [6.45, 7) is 7.49. The highest BCUT2D eigenvalue weighted by Crippen LogP contribution is 2.42. The maximum Gasteiger partial charge on any atom is 0.267 e. The van der Waals surface area contributed by atoms with E-state index in [1.165, 1.54) is 0 Å². The Morgan fingerprint density at radius 3 is 2.42 bits per heavy atom. The molecule has 0 saturated carbocycles. The van der Waals surface area contributed by atoms with Crippen LogP contribution in [0.2, 0.25) is 0 Å². The number of nitriles is 1. The number of H-pyrrole nitrogens is 1. The van der Waals surface area contributed by atoms with Gasteiger partial charge in [-0.3, -0.25) is 0 Å². The maximum atomic E-state index is 14.2. The lowest BCUT2D eigenvalue weighted by Crippen LogP contribution is -2.45. The first-order chi connectivity index (χ1) is 14.5. The number of hydrogen-bond donors (Lipinski definition) is 3. The van der Waals surface area contributed by atoms with Crippen LogP contribution in [0.15, 0.2) is 42.5 Å². The van der Waals surface area contributed by atoms with Gasteiger partial charge >= 0.3 is 0 Å².